The van der Waals surface area contributed by atoms with E-state index in [1.165, 1.54) is 12.5 Å². The van der Waals surface area contributed by atoms with Crippen molar-refractivity contribution in [2.45, 2.75) is 25.7 Å². The molecule has 1 N–H and O–H groups in total. The van der Waals surface area contributed by atoms with E-state index < -0.39 is 5.97 Å². The predicted octanol–water partition coefficient (Wildman–Crippen LogP) is 3.31. The summed E-state index contributed by atoms with van der Waals surface area (Å²) in [6.45, 7) is 3.10. The second kappa shape index (κ2) is 8.18. The summed E-state index contributed by atoms with van der Waals surface area (Å²) in [7, 11) is 0. The Morgan fingerprint density at radius 3 is 3.04 bits per heavy atom. The van der Waals surface area contributed by atoms with E-state index >= 15 is 0 Å². The maximum absolute atomic E-state index is 12.6. The van der Waals surface area contributed by atoms with Gasteiger partial charge in [0.25, 0.3) is 0 Å². The van der Waals surface area contributed by atoms with Crippen molar-refractivity contribution in [1.29, 1.82) is 0 Å². The first-order valence-electron chi connectivity index (χ1n) is 8.37. The van der Waals surface area contributed by atoms with Crippen LogP contribution in [0.15, 0.2) is 29.1 Å². The van der Waals surface area contributed by atoms with Crippen molar-refractivity contribution in [1.82, 2.24) is 15.0 Å². The van der Waals surface area contributed by atoms with Crippen LogP contribution in [0.3, 0.4) is 0 Å². The first-order chi connectivity index (χ1) is 12.6. The zero-order chi connectivity index (χ0) is 18.5. The van der Waals surface area contributed by atoms with Gasteiger partial charge in [0, 0.05) is 24.7 Å². The summed E-state index contributed by atoms with van der Waals surface area (Å²) < 4.78 is 9.76. The Labute approximate surface area is 155 Å². The number of hydrogen-bond acceptors (Lipinski definition) is 6. The minimum Gasteiger partial charge on any atom is -0.462 e. The summed E-state index contributed by atoms with van der Waals surface area (Å²) in [5.41, 5.74) is 0.693. The monoisotopic (exact) mass is 378 g/mol. The molecular formula is C17H19ClN4O4. The summed E-state index contributed by atoms with van der Waals surface area (Å²) in [6.07, 6.45) is 3.04. The summed E-state index contributed by atoms with van der Waals surface area (Å²) in [5.74, 6) is 0.135. The maximum atomic E-state index is 12.6. The molecule has 1 aliphatic heterocycles. The smallest absolute Gasteiger partial charge is 0.339 e. The van der Waals surface area contributed by atoms with Gasteiger partial charge in [-0.1, -0.05) is 16.8 Å². The number of piperidine rings is 1. The van der Waals surface area contributed by atoms with E-state index in [-0.39, 0.29) is 29.1 Å². The first kappa shape index (κ1) is 18.2. The number of nitrogens with zero attached hydrogens (tertiary/aromatic N) is 3. The third-order valence-corrected chi connectivity index (χ3v) is 4.49. The number of rotatable bonds is 4. The largest absolute Gasteiger partial charge is 0.462 e. The number of esters is 1. The number of amides is 2. The third kappa shape index (κ3) is 4.13. The maximum Gasteiger partial charge on any atom is 0.339 e. The predicted molar refractivity (Wildman–Crippen MR) is 94.3 cm³/mol. The lowest BCUT2D eigenvalue weighted by Gasteiger charge is -2.31. The first-order valence-corrected chi connectivity index (χ1v) is 8.75. The fourth-order valence-electron chi connectivity index (χ4n) is 2.90. The van der Waals surface area contributed by atoms with Gasteiger partial charge in [-0.2, -0.15) is 4.98 Å². The molecule has 9 heteroatoms. The molecule has 2 heterocycles. The van der Waals surface area contributed by atoms with E-state index in [1.807, 2.05) is 0 Å². The van der Waals surface area contributed by atoms with Gasteiger partial charge in [-0.25, -0.2) is 9.59 Å². The van der Waals surface area contributed by atoms with Crippen molar-refractivity contribution >= 4 is 29.3 Å². The van der Waals surface area contributed by atoms with Crippen LogP contribution >= 0.6 is 11.6 Å². The number of likely N-dealkylation sites (tertiary alicyclic amines) is 1. The fourth-order valence-corrected chi connectivity index (χ4v) is 3.10. The standard InChI is InChI=1S/C17H19ClN4O4/c1-2-25-16(23)13-8-12(5-6-14(13)18)20-17(24)22-7-3-4-11(9-22)15-19-10-26-21-15/h5-6,8,10-11H,2-4,7,9H2,1H3,(H,20,24). The van der Waals surface area contributed by atoms with Crippen LogP contribution in [0.1, 0.15) is 41.9 Å². The highest BCUT2D eigenvalue weighted by Gasteiger charge is 2.27. The molecule has 2 aromatic rings. The molecule has 1 fully saturated rings. The number of urea groups is 1. The molecule has 1 atom stereocenters. The number of aromatic nitrogens is 2. The van der Waals surface area contributed by atoms with Gasteiger partial charge < -0.3 is 19.5 Å². The molecule has 1 aliphatic rings. The molecule has 3 rings (SSSR count). The summed E-state index contributed by atoms with van der Waals surface area (Å²) in [6, 6.07) is 4.46. The molecular weight excluding hydrogens is 360 g/mol. The van der Waals surface area contributed by atoms with Gasteiger partial charge in [0.15, 0.2) is 5.82 Å². The highest BCUT2D eigenvalue weighted by Crippen LogP contribution is 2.26. The lowest BCUT2D eigenvalue weighted by Crippen LogP contribution is -2.41. The molecule has 138 valence electrons. The molecule has 1 unspecified atom stereocenters. The van der Waals surface area contributed by atoms with Crippen LogP contribution < -0.4 is 5.32 Å². The zero-order valence-corrected chi connectivity index (χ0v) is 15.0. The Balaban J connectivity index is 1.67. The van der Waals surface area contributed by atoms with Gasteiger partial charge >= 0.3 is 12.0 Å². The molecule has 1 saturated heterocycles. The van der Waals surface area contributed by atoms with Crippen molar-refractivity contribution < 1.29 is 18.8 Å². The Morgan fingerprint density at radius 2 is 2.31 bits per heavy atom. The second-order valence-electron chi connectivity index (χ2n) is 5.92. The molecule has 0 aliphatic carbocycles. The average molecular weight is 379 g/mol. The number of carbonyl (C=O) groups excluding carboxylic acids is 2. The van der Waals surface area contributed by atoms with E-state index in [9.17, 15) is 9.59 Å². The summed E-state index contributed by atoms with van der Waals surface area (Å²) >= 11 is 6.04. The lowest BCUT2D eigenvalue weighted by atomic mass is 9.98. The van der Waals surface area contributed by atoms with Gasteiger partial charge in [0.05, 0.1) is 17.2 Å². The summed E-state index contributed by atoms with van der Waals surface area (Å²) in [4.78, 5) is 30.3. The molecule has 0 radical (unpaired) electrons. The van der Waals surface area contributed by atoms with Gasteiger partial charge in [0.1, 0.15) is 0 Å². The molecule has 0 saturated carbocycles. The molecule has 8 nitrogen and oxygen atoms in total. The number of carbonyl (C=O) groups is 2. The molecule has 26 heavy (non-hydrogen) atoms. The molecule has 1 aromatic carbocycles. The van der Waals surface area contributed by atoms with Gasteiger partial charge in [-0.15, -0.1) is 0 Å². The van der Waals surface area contributed by atoms with Crippen LogP contribution in [0.4, 0.5) is 10.5 Å². The molecule has 0 bridgehead atoms. The molecule has 2 amide bonds. The van der Waals surface area contributed by atoms with E-state index in [1.54, 1.807) is 24.0 Å². The van der Waals surface area contributed by atoms with Crippen molar-refractivity contribution in [2.75, 3.05) is 25.0 Å². The molecule has 1 aromatic heterocycles. The van der Waals surface area contributed by atoms with Crippen LogP contribution in [0.2, 0.25) is 5.02 Å². The highest BCUT2D eigenvalue weighted by atomic mass is 35.5. The normalized spacial score (nSPS) is 17.0. The topological polar surface area (TPSA) is 97.6 Å². The van der Waals surface area contributed by atoms with Crippen molar-refractivity contribution in [2.24, 2.45) is 0 Å². The quantitative estimate of drug-likeness (QED) is 0.819. The van der Waals surface area contributed by atoms with Crippen LogP contribution in [0.25, 0.3) is 0 Å². The number of halogens is 1. The number of anilines is 1. The van der Waals surface area contributed by atoms with Crippen LogP contribution in [-0.2, 0) is 4.74 Å². The van der Waals surface area contributed by atoms with Crippen LogP contribution in [0, 0.1) is 0 Å². The van der Waals surface area contributed by atoms with E-state index in [4.69, 9.17) is 20.9 Å². The Bertz CT molecular complexity index is 781. The summed E-state index contributed by atoms with van der Waals surface area (Å²) in [5, 5.41) is 6.94. The molecule has 0 spiro atoms. The minimum absolute atomic E-state index is 0.0496. The number of ether oxygens (including phenoxy) is 1. The zero-order valence-electron chi connectivity index (χ0n) is 14.3. The van der Waals surface area contributed by atoms with Gasteiger partial charge in [0.2, 0.25) is 6.39 Å². The average Bonchev–Trinajstić information content (AvgIpc) is 3.18. The van der Waals surface area contributed by atoms with Crippen LogP contribution in [0.5, 0.6) is 0 Å². The third-order valence-electron chi connectivity index (χ3n) is 4.17. The van der Waals surface area contributed by atoms with Gasteiger partial charge in [-0.05, 0) is 38.0 Å². The number of nitrogens with one attached hydrogen (secondary N) is 1. The van der Waals surface area contributed by atoms with Crippen LogP contribution in [-0.4, -0.2) is 46.7 Å². The van der Waals surface area contributed by atoms with E-state index in [0.717, 1.165) is 12.8 Å². The number of hydrogen-bond donors (Lipinski definition) is 1. The Hall–Kier alpha value is -2.61. The Kier molecular flexibility index (Phi) is 5.72. The highest BCUT2D eigenvalue weighted by molar-refractivity contribution is 6.33. The van der Waals surface area contributed by atoms with Crippen molar-refractivity contribution in [3.63, 3.8) is 0 Å². The van der Waals surface area contributed by atoms with Gasteiger partial charge in [-0.3, -0.25) is 0 Å². The number of benzene rings is 1. The van der Waals surface area contributed by atoms with E-state index in [0.29, 0.717) is 24.6 Å². The Morgan fingerprint density at radius 1 is 1.46 bits per heavy atom. The fraction of sp³-hybridized carbons (Fsp3) is 0.412. The SMILES string of the molecule is CCOC(=O)c1cc(NC(=O)N2CCCC(c3ncon3)C2)ccc1Cl. The van der Waals surface area contributed by atoms with Crippen molar-refractivity contribution in [3.05, 3.63) is 41.0 Å². The second-order valence-corrected chi connectivity index (χ2v) is 6.33. The lowest BCUT2D eigenvalue weighted by molar-refractivity contribution is 0.0526. The van der Waals surface area contributed by atoms with Crippen molar-refractivity contribution in [3.8, 4) is 0 Å². The minimum atomic E-state index is -0.524. The van der Waals surface area contributed by atoms with E-state index in [2.05, 4.69) is 15.5 Å².